The third-order valence-corrected chi connectivity index (χ3v) is 11.4. The minimum absolute atomic E-state index is 0.0370. The molecule has 2 aromatic carbocycles. The van der Waals surface area contributed by atoms with E-state index < -0.39 is 35.7 Å². The van der Waals surface area contributed by atoms with Crippen LogP contribution in [-0.2, 0) is 19.2 Å². The lowest BCUT2D eigenvalue weighted by Crippen LogP contribution is -2.54. The van der Waals surface area contributed by atoms with Gasteiger partial charge in [0.2, 0.25) is 23.6 Å². The van der Waals surface area contributed by atoms with Gasteiger partial charge in [-0.1, -0.05) is 29.8 Å². The number of fused-ring (bicyclic) bond motifs is 4. The predicted molar refractivity (Wildman–Crippen MR) is 204 cm³/mol. The highest BCUT2D eigenvalue weighted by Crippen LogP contribution is 2.40. The second kappa shape index (κ2) is 15.5. The van der Waals surface area contributed by atoms with E-state index in [9.17, 15) is 28.8 Å². The number of carbonyl (C=O) groups is 6. The molecular weight excluding hydrogens is 746 g/mol. The molecule has 284 valence electrons. The Balaban J connectivity index is 0.909. The lowest BCUT2D eigenvalue weighted by Gasteiger charge is -2.27. The molecule has 0 saturated carbocycles. The molecule has 5 heterocycles. The SMILES string of the molecule is Cc1sc2c(c1C)C(c1ccc(Cl)cc1)=N[C@@H](CCC(=O)NNC(=O)CCCCNc1cccc3c1C(=O)N(C1CCC(=O)NC1=O)C3=O)c1nnc(C)n1-2. The van der Waals surface area contributed by atoms with Crippen molar-refractivity contribution in [2.75, 3.05) is 11.9 Å². The molecule has 0 aliphatic carbocycles. The fourth-order valence-corrected chi connectivity index (χ4v) is 8.36. The van der Waals surface area contributed by atoms with E-state index in [0.29, 0.717) is 42.3 Å². The lowest BCUT2D eigenvalue weighted by atomic mass is 9.99. The topological polar surface area (TPSA) is 197 Å². The summed E-state index contributed by atoms with van der Waals surface area (Å²) in [7, 11) is 0. The van der Waals surface area contributed by atoms with E-state index in [2.05, 4.69) is 45.5 Å². The van der Waals surface area contributed by atoms with Crippen LogP contribution in [0.5, 0.6) is 0 Å². The minimum atomic E-state index is -1.05. The first-order chi connectivity index (χ1) is 26.4. The van der Waals surface area contributed by atoms with Crippen LogP contribution in [0, 0.1) is 20.8 Å². The molecule has 55 heavy (non-hydrogen) atoms. The van der Waals surface area contributed by atoms with Gasteiger partial charge in [-0.15, -0.1) is 21.5 Å². The number of imide groups is 2. The van der Waals surface area contributed by atoms with Gasteiger partial charge in [-0.2, -0.15) is 0 Å². The van der Waals surface area contributed by atoms with E-state index in [-0.39, 0.29) is 48.6 Å². The van der Waals surface area contributed by atoms with E-state index >= 15 is 0 Å². The molecule has 7 rings (SSSR count). The van der Waals surface area contributed by atoms with Gasteiger partial charge in [-0.3, -0.25) is 59.4 Å². The molecule has 2 atom stereocenters. The molecule has 4 N–H and O–H groups in total. The third kappa shape index (κ3) is 7.38. The first kappa shape index (κ1) is 37.6. The van der Waals surface area contributed by atoms with Gasteiger partial charge in [-0.05, 0) is 76.3 Å². The Hall–Kier alpha value is -5.74. The van der Waals surface area contributed by atoms with Gasteiger partial charge >= 0.3 is 0 Å². The summed E-state index contributed by atoms with van der Waals surface area (Å²) in [4.78, 5) is 83.2. The number of hydrazine groups is 1. The first-order valence-electron chi connectivity index (χ1n) is 18.0. The second-order valence-electron chi connectivity index (χ2n) is 13.6. The molecule has 1 saturated heterocycles. The maximum Gasteiger partial charge on any atom is 0.264 e. The number of aromatic nitrogens is 3. The van der Waals surface area contributed by atoms with Crippen LogP contribution in [0.1, 0.15) is 105 Å². The molecule has 2 aromatic heterocycles. The standard InChI is InChI=1S/C38H38ClN9O6S/c1-19-20(2)55-38-31(19)33(22-10-12-23(39)13-11-22)41-26(34-46-43-21(3)47(34)38)14-16-30(51)45-44-29(50)9-4-5-18-40-25-8-6-7-24-32(25)37(54)48(36(24)53)27-15-17-28(49)42-35(27)52/h6-8,10-13,26-27,40H,4-5,9,14-18H2,1-3H3,(H,44,50)(H,45,51)(H,42,49,52)/t26-,27?/m0/s1. The normalized spacial score (nSPS) is 17.5. The Morgan fingerprint density at radius 3 is 2.42 bits per heavy atom. The first-order valence-corrected chi connectivity index (χ1v) is 19.1. The van der Waals surface area contributed by atoms with Crippen molar-refractivity contribution in [3.63, 3.8) is 0 Å². The zero-order valence-electron chi connectivity index (χ0n) is 30.3. The number of nitrogens with one attached hydrogen (secondary N) is 4. The van der Waals surface area contributed by atoms with Crippen LogP contribution in [0.4, 0.5) is 5.69 Å². The molecule has 0 radical (unpaired) electrons. The van der Waals surface area contributed by atoms with E-state index in [0.717, 1.165) is 43.0 Å². The van der Waals surface area contributed by atoms with Crippen LogP contribution in [0.3, 0.4) is 0 Å². The molecule has 0 bridgehead atoms. The summed E-state index contributed by atoms with van der Waals surface area (Å²) in [5.74, 6) is -1.68. The Labute approximate surface area is 324 Å². The summed E-state index contributed by atoms with van der Waals surface area (Å²) in [6, 6.07) is 10.8. The van der Waals surface area contributed by atoms with Crippen molar-refractivity contribution in [1.29, 1.82) is 0 Å². The monoisotopic (exact) mass is 783 g/mol. The predicted octanol–water partition coefficient (Wildman–Crippen LogP) is 4.41. The van der Waals surface area contributed by atoms with Crippen LogP contribution in [0.25, 0.3) is 5.00 Å². The quantitative estimate of drug-likeness (QED) is 0.0968. The van der Waals surface area contributed by atoms with Crippen molar-refractivity contribution >= 4 is 69.8 Å². The number of unbranched alkanes of at least 4 members (excludes halogenated alkanes) is 1. The molecular formula is C38H38ClN9O6S. The summed E-state index contributed by atoms with van der Waals surface area (Å²) in [5, 5.41) is 15.8. The largest absolute Gasteiger partial charge is 0.384 e. The molecule has 17 heteroatoms. The van der Waals surface area contributed by atoms with Crippen molar-refractivity contribution in [1.82, 2.24) is 35.8 Å². The van der Waals surface area contributed by atoms with Gasteiger partial charge < -0.3 is 5.32 Å². The summed E-state index contributed by atoms with van der Waals surface area (Å²) in [6.07, 6.45) is 1.64. The Bertz CT molecular complexity index is 2280. The summed E-state index contributed by atoms with van der Waals surface area (Å²) >= 11 is 7.85. The third-order valence-electron chi connectivity index (χ3n) is 9.96. The van der Waals surface area contributed by atoms with Gasteiger partial charge in [0.15, 0.2) is 5.82 Å². The summed E-state index contributed by atoms with van der Waals surface area (Å²) in [6.45, 7) is 6.43. The molecule has 0 spiro atoms. The van der Waals surface area contributed by atoms with Crippen LogP contribution in [-0.4, -0.2) is 73.4 Å². The average molecular weight is 784 g/mol. The molecule has 4 aromatic rings. The number of hydrogen-bond donors (Lipinski definition) is 4. The van der Waals surface area contributed by atoms with Crippen LogP contribution < -0.4 is 21.5 Å². The summed E-state index contributed by atoms with van der Waals surface area (Å²) < 4.78 is 2.02. The number of benzene rings is 2. The summed E-state index contributed by atoms with van der Waals surface area (Å²) in [5.41, 5.74) is 9.57. The molecule has 6 amide bonds. The molecule has 3 aliphatic heterocycles. The highest BCUT2D eigenvalue weighted by Gasteiger charge is 2.45. The maximum atomic E-state index is 13.3. The number of halogens is 1. The number of anilines is 1. The number of nitrogens with zero attached hydrogens (tertiary/aromatic N) is 5. The number of amides is 6. The van der Waals surface area contributed by atoms with Crippen molar-refractivity contribution < 1.29 is 28.8 Å². The van der Waals surface area contributed by atoms with E-state index in [1.165, 1.54) is 6.07 Å². The van der Waals surface area contributed by atoms with Crippen LogP contribution in [0.2, 0.25) is 5.02 Å². The van der Waals surface area contributed by atoms with Crippen molar-refractivity contribution in [2.45, 2.75) is 77.8 Å². The zero-order valence-corrected chi connectivity index (χ0v) is 31.9. The smallest absolute Gasteiger partial charge is 0.264 e. The van der Waals surface area contributed by atoms with E-state index in [1.807, 2.05) is 35.8 Å². The van der Waals surface area contributed by atoms with Crippen LogP contribution in [0.15, 0.2) is 47.5 Å². The number of aryl methyl sites for hydroxylation is 2. The molecule has 3 aliphatic rings. The zero-order chi connectivity index (χ0) is 39.0. The van der Waals surface area contributed by atoms with E-state index in [4.69, 9.17) is 16.6 Å². The number of carbonyl (C=O) groups excluding carboxylic acids is 6. The lowest BCUT2D eigenvalue weighted by molar-refractivity contribution is -0.136. The Kier molecular flexibility index (Phi) is 10.6. The van der Waals surface area contributed by atoms with Crippen molar-refractivity contribution in [2.24, 2.45) is 4.99 Å². The van der Waals surface area contributed by atoms with Gasteiger partial charge in [0, 0.05) is 52.5 Å². The van der Waals surface area contributed by atoms with Crippen molar-refractivity contribution in [3.8, 4) is 5.00 Å². The minimum Gasteiger partial charge on any atom is -0.384 e. The van der Waals surface area contributed by atoms with Crippen LogP contribution >= 0.6 is 22.9 Å². The molecule has 1 fully saturated rings. The fourth-order valence-electron chi connectivity index (χ4n) is 7.02. The maximum absolute atomic E-state index is 13.3. The highest BCUT2D eigenvalue weighted by molar-refractivity contribution is 7.15. The average Bonchev–Trinajstić information content (AvgIpc) is 3.73. The van der Waals surface area contributed by atoms with Gasteiger partial charge in [0.05, 0.1) is 16.8 Å². The molecule has 1 unspecified atom stereocenters. The number of aliphatic imine (C=N–C) groups is 1. The van der Waals surface area contributed by atoms with E-state index in [1.54, 1.807) is 23.5 Å². The number of hydrogen-bond acceptors (Lipinski definition) is 11. The number of thiophene rings is 1. The second-order valence-corrected chi connectivity index (χ2v) is 15.2. The molecule has 15 nitrogen and oxygen atoms in total. The van der Waals surface area contributed by atoms with Gasteiger partial charge in [0.25, 0.3) is 11.8 Å². The fraction of sp³-hybridized carbons (Fsp3) is 0.342. The van der Waals surface area contributed by atoms with Gasteiger partial charge in [-0.25, -0.2) is 0 Å². The highest BCUT2D eigenvalue weighted by atomic mass is 35.5. The number of piperidine rings is 1. The van der Waals surface area contributed by atoms with Crippen molar-refractivity contribution in [3.05, 3.63) is 91.8 Å². The van der Waals surface area contributed by atoms with Gasteiger partial charge in [0.1, 0.15) is 22.9 Å². The number of rotatable bonds is 11. The Morgan fingerprint density at radius 1 is 0.927 bits per heavy atom. The Morgan fingerprint density at radius 2 is 1.67 bits per heavy atom.